The lowest BCUT2D eigenvalue weighted by Crippen LogP contribution is -2.07. The maximum atomic E-state index is 11.8. The van der Waals surface area contributed by atoms with Crippen LogP contribution in [0.2, 0.25) is 0 Å². The van der Waals surface area contributed by atoms with Gasteiger partial charge in [-0.25, -0.2) is 0 Å². The Balaban J connectivity index is 1.49. The second kappa shape index (κ2) is 8.37. The third kappa shape index (κ3) is 4.74. The van der Waals surface area contributed by atoms with Crippen LogP contribution in [0.25, 0.3) is 11.1 Å². The SMILES string of the molecule is O=C(CSc1ccccc1)OCc1ccc(-c2ccccc2)cc1. The summed E-state index contributed by atoms with van der Waals surface area (Å²) in [4.78, 5) is 12.9. The molecule has 0 amide bonds. The Bertz CT molecular complexity index is 768. The highest BCUT2D eigenvalue weighted by Gasteiger charge is 2.05. The minimum Gasteiger partial charge on any atom is -0.460 e. The van der Waals surface area contributed by atoms with Gasteiger partial charge >= 0.3 is 5.97 Å². The predicted octanol–water partition coefficient (Wildman–Crippen LogP) is 5.19. The molecule has 3 aromatic carbocycles. The molecule has 0 aliphatic rings. The minimum atomic E-state index is -0.198. The maximum Gasteiger partial charge on any atom is 0.316 e. The van der Waals surface area contributed by atoms with Crippen LogP contribution in [0, 0.1) is 0 Å². The number of ether oxygens (including phenoxy) is 1. The smallest absolute Gasteiger partial charge is 0.316 e. The molecule has 0 bridgehead atoms. The van der Waals surface area contributed by atoms with Crippen LogP contribution in [0.5, 0.6) is 0 Å². The maximum absolute atomic E-state index is 11.8. The first-order valence-electron chi connectivity index (χ1n) is 7.79. The van der Waals surface area contributed by atoms with Crippen LogP contribution in [0.4, 0.5) is 0 Å². The molecule has 0 radical (unpaired) electrons. The van der Waals surface area contributed by atoms with Crippen LogP contribution in [0.3, 0.4) is 0 Å². The molecular weight excluding hydrogens is 316 g/mol. The lowest BCUT2D eigenvalue weighted by molar-refractivity contribution is -0.141. The monoisotopic (exact) mass is 334 g/mol. The molecule has 0 spiro atoms. The van der Waals surface area contributed by atoms with E-state index < -0.39 is 0 Å². The zero-order valence-corrected chi connectivity index (χ0v) is 14.0. The highest BCUT2D eigenvalue weighted by molar-refractivity contribution is 8.00. The van der Waals surface area contributed by atoms with Crippen molar-refractivity contribution in [2.75, 3.05) is 5.75 Å². The summed E-state index contributed by atoms with van der Waals surface area (Å²) in [5.41, 5.74) is 3.33. The minimum absolute atomic E-state index is 0.198. The van der Waals surface area contributed by atoms with Gasteiger partial charge in [-0.3, -0.25) is 4.79 Å². The zero-order valence-electron chi connectivity index (χ0n) is 13.2. The topological polar surface area (TPSA) is 26.3 Å². The molecular formula is C21H18O2S. The second-order valence-corrected chi connectivity index (χ2v) is 6.37. The van der Waals surface area contributed by atoms with Gasteiger partial charge in [0, 0.05) is 4.90 Å². The summed E-state index contributed by atoms with van der Waals surface area (Å²) in [6.07, 6.45) is 0. The van der Waals surface area contributed by atoms with Gasteiger partial charge in [-0.15, -0.1) is 11.8 Å². The number of benzene rings is 3. The molecule has 120 valence electrons. The van der Waals surface area contributed by atoms with Crippen LogP contribution >= 0.6 is 11.8 Å². The molecule has 0 heterocycles. The molecule has 0 aromatic heterocycles. The molecule has 0 fully saturated rings. The Morgan fingerprint density at radius 1 is 0.750 bits per heavy atom. The summed E-state index contributed by atoms with van der Waals surface area (Å²) in [6.45, 7) is 0.309. The molecule has 0 aliphatic heterocycles. The van der Waals surface area contributed by atoms with E-state index in [1.54, 1.807) is 0 Å². The number of carbonyl (C=O) groups excluding carboxylic acids is 1. The van der Waals surface area contributed by atoms with Crippen molar-refractivity contribution in [2.24, 2.45) is 0 Å². The van der Waals surface area contributed by atoms with Crippen molar-refractivity contribution < 1.29 is 9.53 Å². The summed E-state index contributed by atoms with van der Waals surface area (Å²) in [6, 6.07) is 28.2. The summed E-state index contributed by atoms with van der Waals surface area (Å²) in [5, 5.41) is 0. The molecule has 0 N–H and O–H groups in total. The van der Waals surface area contributed by atoms with E-state index in [1.165, 1.54) is 17.3 Å². The van der Waals surface area contributed by atoms with Gasteiger partial charge in [0.1, 0.15) is 6.61 Å². The Kier molecular flexibility index (Phi) is 5.70. The van der Waals surface area contributed by atoms with E-state index in [9.17, 15) is 4.79 Å². The molecule has 3 rings (SSSR count). The third-order valence-electron chi connectivity index (χ3n) is 3.56. The fourth-order valence-electron chi connectivity index (χ4n) is 2.29. The van der Waals surface area contributed by atoms with E-state index in [0.29, 0.717) is 12.4 Å². The third-order valence-corrected chi connectivity index (χ3v) is 4.55. The first-order chi connectivity index (χ1) is 11.8. The molecule has 24 heavy (non-hydrogen) atoms. The van der Waals surface area contributed by atoms with E-state index in [0.717, 1.165) is 16.0 Å². The quantitative estimate of drug-likeness (QED) is 0.458. The number of carbonyl (C=O) groups is 1. The Labute approximate surface area is 146 Å². The predicted molar refractivity (Wildman–Crippen MR) is 98.8 cm³/mol. The first kappa shape index (κ1) is 16.3. The zero-order chi connectivity index (χ0) is 16.6. The van der Waals surface area contributed by atoms with Gasteiger partial charge in [0.15, 0.2) is 0 Å². The average molecular weight is 334 g/mol. The van der Waals surface area contributed by atoms with Gasteiger partial charge in [0.05, 0.1) is 5.75 Å². The Morgan fingerprint density at radius 2 is 1.33 bits per heavy atom. The van der Waals surface area contributed by atoms with Gasteiger partial charge < -0.3 is 4.74 Å². The number of thioether (sulfide) groups is 1. The fraction of sp³-hybridized carbons (Fsp3) is 0.0952. The van der Waals surface area contributed by atoms with Gasteiger partial charge in [0.2, 0.25) is 0 Å². The summed E-state index contributed by atoms with van der Waals surface area (Å²) in [5.74, 6) is 0.127. The van der Waals surface area contributed by atoms with Crippen molar-refractivity contribution in [1.82, 2.24) is 0 Å². The van der Waals surface area contributed by atoms with Crippen molar-refractivity contribution in [1.29, 1.82) is 0 Å². The highest BCUT2D eigenvalue weighted by atomic mass is 32.2. The van der Waals surface area contributed by atoms with Crippen LogP contribution in [-0.2, 0) is 16.1 Å². The number of rotatable bonds is 6. The molecule has 0 saturated heterocycles. The number of hydrogen-bond donors (Lipinski definition) is 0. The van der Waals surface area contributed by atoms with Crippen molar-refractivity contribution in [2.45, 2.75) is 11.5 Å². The van der Waals surface area contributed by atoms with Crippen LogP contribution < -0.4 is 0 Å². The molecule has 2 nitrogen and oxygen atoms in total. The lowest BCUT2D eigenvalue weighted by atomic mass is 10.0. The largest absolute Gasteiger partial charge is 0.460 e. The van der Waals surface area contributed by atoms with Gasteiger partial charge in [-0.1, -0.05) is 72.8 Å². The van der Waals surface area contributed by atoms with E-state index in [-0.39, 0.29) is 5.97 Å². The van der Waals surface area contributed by atoms with Crippen LogP contribution in [0.1, 0.15) is 5.56 Å². The fourth-order valence-corrected chi connectivity index (χ4v) is 3.01. The van der Waals surface area contributed by atoms with Crippen LogP contribution in [-0.4, -0.2) is 11.7 Å². The normalized spacial score (nSPS) is 10.3. The first-order valence-corrected chi connectivity index (χ1v) is 8.78. The molecule has 0 aliphatic carbocycles. The van der Waals surface area contributed by atoms with Crippen molar-refractivity contribution in [3.63, 3.8) is 0 Å². The molecule has 0 saturated carbocycles. The van der Waals surface area contributed by atoms with E-state index in [1.807, 2.05) is 60.7 Å². The Hall–Kier alpha value is -2.52. The van der Waals surface area contributed by atoms with Crippen molar-refractivity contribution in [3.8, 4) is 11.1 Å². The highest BCUT2D eigenvalue weighted by Crippen LogP contribution is 2.20. The Morgan fingerprint density at radius 3 is 2.00 bits per heavy atom. The molecule has 3 heteroatoms. The van der Waals surface area contributed by atoms with Crippen LogP contribution in [0.15, 0.2) is 89.8 Å². The second-order valence-electron chi connectivity index (χ2n) is 5.33. The molecule has 3 aromatic rings. The average Bonchev–Trinajstić information content (AvgIpc) is 2.67. The molecule has 0 unspecified atom stereocenters. The summed E-state index contributed by atoms with van der Waals surface area (Å²) in [7, 11) is 0. The molecule has 0 atom stereocenters. The van der Waals surface area contributed by atoms with Crippen molar-refractivity contribution >= 4 is 17.7 Å². The van der Waals surface area contributed by atoms with E-state index >= 15 is 0 Å². The van der Waals surface area contributed by atoms with Gasteiger partial charge in [0.25, 0.3) is 0 Å². The van der Waals surface area contributed by atoms with E-state index in [2.05, 4.69) is 24.3 Å². The summed E-state index contributed by atoms with van der Waals surface area (Å²) < 4.78 is 5.34. The van der Waals surface area contributed by atoms with Crippen molar-refractivity contribution in [3.05, 3.63) is 90.5 Å². The standard InChI is InChI=1S/C21H18O2S/c22-21(16-24-20-9-5-2-6-10-20)23-15-17-11-13-19(14-12-17)18-7-3-1-4-8-18/h1-14H,15-16H2. The summed E-state index contributed by atoms with van der Waals surface area (Å²) >= 11 is 1.49. The number of hydrogen-bond acceptors (Lipinski definition) is 3. The van der Waals surface area contributed by atoms with Gasteiger partial charge in [-0.05, 0) is 28.8 Å². The lowest BCUT2D eigenvalue weighted by Gasteiger charge is -2.06. The van der Waals surface area contributed by atoms with Gasteiger partial charge in [-0.2, -0.15) is 0 Å². The number of esters is 1. The van der Waals surface area contributed by atoms with E-state index in [4.69, 9.17) is 4.74 Å².